The van der Waals surface area contributed by atoms with Gasteiger partial charge in [0.15, 0.2) is 5.78 Å². The fraction of sp³-hybridized carbons (Fsp3) is 0.727. The summed E-state index contributed by atoms with van der Waals surface area (Å²) in [5.74, 6) is 1.89. The molecule has 0 aromatic heterocycles. The van der Waals surface area contributed by atoms with Crippen LogP contribution in [-0.2, 0) is 9.53 Å². The zero-order chi connectivity index (χ0) is 8.84. The molecule has 2 nitrogen and oxygen atoms in total. The van der Waals surface area contributed by atoms with Crippen molar-refractivity contribution in [2.24, 2.45) is 5.92 Å². The van der Waals surface area contributed by atoms with Crippen molar-refractivity contribution in [3.05, 3.63) is 11.3 Å². The van der Waals surface area contributed by atoms with Gasteiger partial charge in [0.2, 0.25) is 0 Å². The first-order valence-corrected chi connectivity index (χ1v) is 5.29. The molecule has 3 aliphatic rings. The van der Waals surface area contributed by atoms with Gasteiger partial charge in [0, 0.05) is 24.3 Å². The van der Waals surface area contributed by atoms with Crippen LogP contribution in [0, 0.1) is 5.92 Å². The fourth-order valence-electron chi connectivity index (χ4n) is 2.95. The van der Waals surface area contributed by atoms with Gasteiger partial charge in [0.05, 0.1) is 0 Å². The second-order valence-electron chi connectivity index (χ2n) is 4.31. The van der Waals surface area contributed by atoms with Gasteiger partial charge in [-0.05, 0) is 25.7 Å². The summed E-state index contributed by atoms with van der Waals surface area (Å²) in [6, 6.07) is 0. The molecule has 0 saturated heterocycles. The second kappa shape index (κ2) is 2.60. The average molecular weight is 178 g/mol. The molecule has 0 bridgehead atoms. The van der Waals surface area contributed by atoms with Crippen molar-refractivity contribution in [2.45, 2.75) is 44.6 Å². The van der Waals surface area contributed by atoms with Gasteiger partial charge in [-0.15, -0.1) is 0 Å². The molecule has 0 radical (unpaired) electrons. The second-order valence-corrected chi connectivity index (χ2v) is 4.31. The van der Waals surface area contributed by atoms with E-state index < -0.39 is 0 Å². The maximum absolute atomic E-state index is 11.7. The highest BCUT2D eigenvalue weighted by Gasteiger charge is 2.43. The van der Waals surface area contributed by atoms with Gasteiger partial charge in [-0.3, -0.25) is 4.79 Å². The zero-order valence-electron chi connectivity index (χ0n) is 7.71. The molecule has 0 aromatic carbocycles. The number of allylic oxidation sites excluding steroid dienone is 1. The number of fused-ring (bicyclic) bond motifs is 2. The number of ether oxygens (including phenoxy) is 1. The third-order valence-corrected chi connectivity index (χ3v) is 3.53. The van der Waals surface area contributed by atoms with Crippen LogP contribution in [0.3, 0.4) is 0 Å². The van der Waals surface area contributed by atoms with E-state index in [4.69, 9.17) is 4.74 Å². The normalized spacial score (nSPS) is 37.4. The molecule has 0 amide bonds. The molecule has 0 aromatic rings. The van der Waals surface area contributed by atoms with Crippen molar-refractivity contribution in [3.8, 4) is 0 Å². The summed E-state index contributed by atoms with van der Waals surface area (Å²) in [5.41, 5.74) is 1.08. The SMILES string of the molecule is O=C1CCCC2=C1C1CCCC1O2. The highest BCUT2D eigenvalue weighted by molar-refractivity contribution is 5.97. The Bertz CT molecular complexity index is 290. The molecule has 70 valence electrons. The van der Waals surface area contributed by atoms with E-state index >= 15 is 0 Å². The van der Waals surface area contributed by atoms with Crippen molar-refractivity contribution in [3.63, 3.8) is 0 Å². The third kappa shape index (κ3) is 0.976. The van der Waals surface area contributed by atoms with Gasteiger partial charge < -0.3 is 4.74 Å². The van der Waals surface area contributed by atoms with Crippen molar-refractivity contribution in [1.82, 2.24) is 0 Å². The number of carbonyl (C=O) groups is 1. The molecule has 2 unspecified atom stereocenters. The van der Waals surface area contributed by atoms with Crippen LogP contribution >= 0.6 is 0 Å². The lowest BCUT2D eigenvalue weighted by Crippen LogP contribution is -2.16. The van der Waals surface area contributed by atoms with E-state index in [0.717, 1.165) is 37.0 Å². The number of hydrogen-bond acceptors (Lipinski definition) is 2. The summed E-state index contributed by atoms with van der Waals surface area (Å²) >= 11 is 0. The predicted molar refractivity (Wildman–Crippen MR) is 48.1 cm³/mol. The highest BCUT2D eigenvalue weighted by atomic mass is 16.5. The lowest BCUT2D eigenvalue weighted by molar-refractivity contribution is -0.116. The number of ketones is 1. The Morgan fingerprint density at radius 3 is 3.00 bits per heavy atom. The molecule has 1 saturated carbocycles. The van der Waals surface area contributed by atoms with Crippen molar-refractivity contribution in [2.75, 3.05) is 0 Å². The summed E-state index contributed by atoms with van der Waals surface area (Å²) in [4.78, 5) is 11.7. The van der Waals surface area contributed by atoms with Crippen molar-refractivity contribution < 1.29 is 9.53 Å². The molecule has 1 fully saturated rings. The molecular formula is C11H14O2. The average Bonchev–Trinajstić information content (AvgIpc) is 2.62. The summed E-state index contributed by atoms with van der Waals surface area (Å²) in [7, 11) is 0. The van der Waals surface area contributed by atoms with Crippen molar-refractivity contribution >= 4 is 5.78 Å². The number of carbonyl (C=O) groups excluding carboxylic acids is 1. The van der Waals surface area contributed by atoms with Crippen LogP contribution in [0.1, 0.15) is 38.5 Å². The maximum Gasteiger partial charge on any atom is 0.162 e. The molecule has 0 N–H and O–H groups in total. The van der Waals surface area contributed by atoms with Crippen molar-refractivity contribution in [1.29, 1.82) is 0 Å². The largest absolute Gasteiger partial charge is 0.494 e. The number of Topliss-reactive ketones (excluding diaryl/α,β-unsaturated/α-hetero) is 1. The molecular weight excluding hydrogens is 164 g/mol. The van der Waals surface area contributed by atoms with Crippen LogP contribution in [-0.4, -0.2) is 11.9 Å². The summed E-state index contributed by atoms with van der Waals surface area (Å²) < 4.78 is 5.82. The Labute approximate surface area is 78.0 Å². The molecule has 13 heavy (non-hydrogen) atoms. The first-order valence-electron chi connectivity index (χ1n) is 5.29. The summed E-state index contributed by atoms with van der Waals surface area (Å²) in [6.45, 7) is 0. The first-order chi connectivity index (χ1) is 6.36. The maximum atomic E-state index is 11.7. The van der Waals surface area contributed by atoms with Crippen LogP contribution in [0.2, 0.25) is 0 Å². The topological polar surface area (TPSA) is 26.3 Å². The summed E-state index contributed by atoms with van der Waals surface area (Å²) in [6.07, 6.45) is 6.70. The van der Waals surface area contributed by atoms with Gasteiger partial charge in [0.25, 0.3) is 0 Å². The van der Waals surface area contributed by atoms with Crippen LogP contribution in [0.5, 0.6) is 0 Å². The van der Waals surface area contributed by atoms with E-state index in [9.17, 15) is 4.79 Å². The molecule has 1 heterocycles. The Morgan fingerprint density at radius 1 is 1.15 bits per heavy atom. The molecule has 2 atom stereocenters. The highest BCUT2D eigenvalue weighted by Crippen LogP contribution is 2.45. The monoisotopic (exact) mass is 178 g/mol. The van der Waals surface area contributed by atoms with Gasteiger partial charge in [-0.2, -0.15) is 0 Å². The van der Waals surface area contributed by atoms with Gasteiger partial charge >= 0.3 is 0 Å². The minimum atomic E-state index is 0.368. The molecule has 3 rings (SSSR count). The Balaban J connectivity index is 1.98. The van der Waals surface area contributed by atoms with Crippen LogP contribution in [0.15, 0.2) is 11.3 Å². The zero-order valence-corrected chi connectivity index (χ0v) is 7.71. The van der Waals surface area contributed by atoms with Gasteiger partial charge in [0.1, 0.15) is 11.9 Å². The lowest BCUT2D eigenvalue weighted by Gasteiger charge is -2.13. The number of hydrogen-bond donors (Lipinski definition) is 0. The van der Waals surface area contributed by atoms with E-state index in [0.29, 0.717) is 17.8 Å². The smallest absolute Gasteiger partial charge is 0.162 e. The molecule has 1 aliphatic heterocycles. The fourth-order valence-corrected chi connectivity index (χ4v) is 2.95. The van der Waals surface area contributed by atoms with E-state index in [1.807, 2.05) is 0 Å². The third-order valence-electron chi connectivity index (χ3n) is 3.53. The Hall–Kier alpha value is -0.790. The first kappa shape index (κ1) is 7.60. The summed E-state index contributed by atoms with van der Waals surface area (Å²) in [5, 5.41) is 0. The standard InChI is InChI=1S/C11H14O2/c12-8-4-2-6-10-11(8)7-3-1-5-9(7)13-10/h7,9H,1-6H2. The van der Waals surface area contributed by atoms with E-state index in [1.54, 1.807) is 0 Å². The minimum Gasteiger partial charge on any atom is -0.494 e. The quantitative estimate of drug-likeness (QED) is 0.568. The predicted octanol–water partition coefficient (Wildman–Crippen LogP) is 2.19. The van der Waals surface area contributed by atoms with Gasteiger partial charge in [-0.25, -0.2) is 0 Å². The minimum absolute atomic E-state index is 0.368. The Morgan fingerprint density at radius 2 is 2.08 bits per heavy atom. The van der Waals surface area contributed by atoms with E-state index in [2.05, 4.69) is 0 Å². The van der Waals surface area contributed by atoms with E-state index in [1.165, 1.54) is 12.8 Å². The Kier molecular flexibility index (Phi) is 1.52. The van der Waals surface area contributed by atoms with Gasteiger partial charge in [-0.1, -0.05) is 0 Å². The van der Waals surface area contributed by atoms with Crippen LogP contribution in [0.4, 0.5) is 0 Å². The lowest BCUT2D eigenvalue weighted by atomic mass is 9.87. The molecule has 2 heteroatoms. The molecule has 0 spiro atoms. The van der Waals surface area contributed by atoms with Crippen LogP contribution < -0.4 is 0 Å². The van der Waals surface area contributed by atoms with Crippen LogP contribution in [0.25, 0.3) is 0 Å². The number of rotatable bonds is 0. The molecule has 2 aliphatic carbocycles. The van der Waals surface area contributed by atoms with E-state index in [-0.39, 0.29) is 0 Å².